The van der Waals surface area contributed by atoms with Crippen molar-refractivity contribution in [3.05, 3.63) is 76.6 Å². The zero-order valence-electron chi connectivity index (χ0n) is 15.6. The summed E-state index contributed by atoms with van der Waals surface area (Å²) in [5, 5.41) is 7.70. The SMILES string of the molecule is Cc1c(Cl)cccc1NC(=O)c1ccn(COc2ccc(C(C)C)cc2)n1. The fraction of sp³-hybridized carbons (Fsp3) is 0.238. The molecule has 6 heteroatoms. The summed E-state index contributed by atoms with van der Waals surface area (Å²) in [7, 11) is 0. The highest BCUT2D eigenvalue weighted by Crippen LogP contribution is 2.23. The van der Waals surface area contributed by atoms with E-state index >= 15 is 0 Å². The maximum absolute atomic E-state index is 12.4. The van der Waals surface area contributed by atoms with Crippen molar-refractivity contribution in [2.75, 3.05) is 5.32 Å². The summed E-state index contributed by atoms with van der Waals surface area (Å²) >= 11 is 6.09. The molecule has 0 atom stereocenters. The van der Waals surface area contributed by atoms with Crippen molar-refractivity contribution in [3.8, 4) is 5.75 Å². The minimum Gasteiger partial charge on any atom is -0.471 e. The minimum atomic E-state index is -0.291. The summed E-state index contributed by atoms with van der Waals surface area (Å²) in [6.45, 7) is 6.38. The molecule has 3 rings (SSSR count). The van der Waals surface area contributed by atoms with Gasteiger partial charge in [0.25, 0.3) is 5.91 Å². The number of ether oxygens (including phenoxy) is 1. The summed E-state index contributed by atoms with van der Waals surface area (Å²) in [6.07, 6.45) is 1.71. The van der Waals surface area contributed by atoms with E-state index < -0.39 is 0 Å². The van der Waals surface area contributed by atoms with Gasteiger partial charge in [0.05, 0.1) is 0 Å². The standard InChI is InChI=1S/C21H22ClN3O2/c1-14(2)16-7-9-17(10-8-16)27-13-25-12-11-20(24-25)21(26)23-19-6-4-5-18(22)15(19)3/h4-12,14H,13H2,1-3H3,(H,23,26). The predicted octanol–water partition coefficient (Wildman–Crippen LogP) is 5.26. The van der Waals surface area contributed by atoms with Gasteiger partial charge in [-0.3, -0.25) is 4.79 Å². The highest BCUT2D eigenvalue weighted by Gasteiger charge is 2.12. The Morgan fingerprint density at radius 2 is 1.93 bits per heavy atom. The Balaban J connectivity index is 1.60. The Labute approximate surface area is 163 Å². The van der Waals surface area contributed by atoms with Gasteiger partial charge < -0.3 is 10.1 Å². The first-order valence-electron chi connectivity index (χ1n) is 8.76. The summed E-state index contributed by atoms with van der Waals surface area (Å²) in [4.78, 5) is 12.4. The summed E-state index contributed by atoms with van der Waals surface area (Å²) < 4.78 is 7.30. The van der Waals surface area contributed by atoms with E-state index in [9.17, 15) is 4.79 Å². The van der Waals surface area contributed by atoms with E-state index in [2.05, 4.69) is 36.4 Å². The maximum atomic E-state index is 12.4. The molecule has 0 unspecified atom stereocenters. The summed E-state index contributed by atoms with van der Waals surface area (Å²) in [5.74, 6) is 0.949. The molecule has 0 aliphatic carbocycles. The van der Waals surface area contributed by atoms with Crippen LogP contribution in [0.3, 0.4) is 0 Å². The van der Waals surface area contributed by atoms with Gasteiger partial charge in [0.2, 0.25) is 0 Å². The van der Waals surface area contributed by atoms with Crippen LogP contribution >= 0.6 is 11.6 Å². The van der Waals surface area contributed by atoms with Gasteiger partial charge >= 0.3 is 0 Å². The third-order valence-electron chi connectivity index (χ3n) is 4.30. The lowest BCUT2D eigenvalue weighted by Gasteiger charge is -2.09. The number of anilines is 1. The zero-order chi connectivity index (χ0) is 19.4. The van der Waals surface area contributed by atoms with Gasteiger partial charge in [-0.2, -0.15) is 5.10 Å². The Morgan fingerprint density at radius 3 is 2.63 bits per heavy atom. The van der Waals surface area contributed by atoms with Gasteiger partial charge in [0.1, 0.15) is 5.75 Å². The van der Waals surface area contributed by atoms with E-state index in [-0.39, 0.29) is 12.6 Å². The molecule has 0 saturated heterocycles. The second-order valence-corrected chi connectivity index (χ2v) is 7.01. The van der Waals surface area contributed by atoms with E-state index in [1.54, 1.807) is 35.1 Å². The zero-order valence-corrected chi connectivity index (χ0v) is 16.3. The average molecular weight is 384 g/mol. The number of nitrogens with one attached hydrogen (secondary N) is 1. The number of hydrogen-bond donors (Lipinski definition) is 1. The lowest BCUT2D eigenvalue weighted by Crippen LogP contribution is -2.15. The van der Waals surface area contributed by atoms with Crippen LogP contribution in [0.15, 0.2) is 54.7 Å². The van der Waals surface area contributed by atoms with Gasteiger partial charge in [0.15, 0.2) is 12.4 Å². The van der Waals surface area contributed by atoms with Crippen LogP contribution in [-0.4, -0.2) is 15.7 Å². The number of carbonyl (C=O) groups excluding carboxylic acids is 1. The van der Waals surface area contributed by atoms with Crippen molar-refractivity contribution < 1.29 is 9.53 Å². The van der Waals surface area contributed by atoms with E-state index in [1.807, 2.05) is 19.1 Å². The molecular weight excluding hydrogens is 362 g/mol. The van der Waals surface area contributed by atoms with Crippen molar-refractivity contribution in [2.45, 2.75) is 33.4 Å². The monoisotopic (exact) mass is 383 g/mol. The van der Waals surface area contributed by atoms with Crippen LogP contribution in [0.4, 0.5) is 5.69 Å². The number of hydrogen-bond acceptors (Lipinski definition) is 3. The Hall–Kier alpha value is -2.79. The Morgan fingerprint density at radius 1 is 1.19 bits per heavy atom. The summed E-state index contributed by atoms with van der Waals surface area (Å²) in [5.41, 5.74) is 3.06. The quantitative estimate of drug-likeness (QED) is 0.631. The second kappa shape index (κ2) is 8.27. The smallest absolute Gasteiger partial charge is 0.276 e. The van der Waals surface area contributed by atoms with Crippen LogP contribution in [0.1, 0.15) is 41.4 Å². The fourth-order valence-corrected chi connectivity index (χ4v) is 2.75. The maximum Gasteiger partial charge on any atom is 0.276 e. The predicted molar refractivity (Wildman–Crippen MR) is 108 cm³/mol. The number of nitrogens with zero attached hydrogens (tertiary/aromatic N) is 2. The van der Waals surface area contributed by atoms with Gasteiger partial charge in [0, 0.05) is 16.9 Å². The molecule has 0 spiro atoms. The molecule has 1 aromatic heterocycles. The molecule has 0 fully saturated rings. The molecule has 3 aromatic rings. The number of amides is 1. The van der Waals surface area contributed by atoms with Crippen LogP contribution < -0.4 is 10.1 Å². The van der Waals surface area contributed by atoms with E-state index in [0.29, 0.717) is 22.3 Å². The lowest BCUT2D eigenvalue weighted by atomic mass is 10.0. The van der Waals surface area contributed by atoms with Gasteiger partial charge in [-0.1, -0.05) is 43.6 Å². The number of rotatable bonds is 6. The lowest BCUT2D eigenvalue weighted by molar-refractivity contribution is 0.102. The number of aromatic nitrogens is 2. The molecular formula is C21H22ClN3O2. The Kier molecular flexibility index (Phi) is 5.81. The molecule has 2 aromatic carbocycles. The fourth-order valence-electron chi connectivity index (χ4n) is 2.57. The molecule has 5 nitrogen and oxygen atoms in total. The second-order valence-electron chi connectivity index (χ2n) is 6.60. The highest BCUT2D eigenvalue weighted by atomic mass is 35.5. The van der Waals surface area contributed by atoms with Crippen LogP contribution in [-0.2, 0) is 6.73 Å². The third kappa shape index (κ3) is 4.68. The van der Waals surface area contributed by atoms with Crippen LogP contribution in [0.25, 0.3) is 0 Å². The molecule has 0 radical (unpaired) electrons. The molecule has 1 heterocycles. The molecule has 27 heavy (non-hydrogen) atoms. The normalized spacial score (nSPS) is 10.9. The summed E-state index contributed by atoms with van der Waals surface area (Å²) in [6, 6.07) is 15.0. The number of halogens is 1. The molecule has 1 N–H and O–H groups in total. The van der Waals surface area contributed by atoms with Crippen molar-refractivity contribution in [3.63, 3.8) is 0 Å². The number of carbonyl (C=O) groups is 1. The Bertz CT molecular complexity index is 933. The van der Waals surface area contributed by atoms with Crippen LogP contribution in [0.2, 0.25) is 5.02 Å². The third-order valence-corrected chi connectivity index (χ3v) is 4.71. The van der Waals surface area contributed by atoms with E-state index in [1.165, 1.54) is 5.56 Å². The van der Waals surface area contributed by atoms with Crippen molar-refractivity contribution in [2.24, 2.45) is 0 Å². The van der Waals surface area contributed by atoms with Crippen molar-refractivity contribution >= 4 is 23.2 Å². The molecule has 0 bridgehead atoms. The largest absolute Gasteiger partial charge is 0.471 e. The average Bonchev–Trinajstić information content (AvgIpc) is 3.13. The first kappa shape index (κ1) is 19.0. The molecule has 140 valence electrons. The van der Waals surface area contributed by atoms with Gasteiger partial charge in [-0.15, -0.1) is 0 Å². The molecule has 0 aliphatic rings. The van der Waals surface area contributed by atoms with Gasteiger partial charge in [-0.05, 0) is 54.3 Å². The van der Waals surface area contributed by atoms with E-state index in [0.717, 1.165) is 11.3 Å². The first-order chi connectivity index (χ1) is 12.9. The van der Waals surface area contributed by atoms with Crippen LogP contribution in [0.5, 0.6) is 5.75 Å². The molecule has 1 amide bonds. The van der Waals surface area contributed by atoms with Crippen LogP contribution in [0, 0.1) is 6.92 Å². The molecule has 0 aliphatic heterocycles. The van der Waals surface area contributed by atoms with E-state index in [4.69, 9.17) is 16.3 Å². The number of benzene rings is 2. The molecule has 0 saturated carbocycles. The minimum absolute atomic E-state index is 0.227. The van der Waals surface area contributed by atoms with Crippen molar-refractivity contribution in [1.82, 2.24) is 9.78 Å². The van der Waals surface area contributed by atoms with Gasteiger partial charge in [-0.25, -0.2) is 4.68 Å². The van der Waals surface area contributed by atoms with Crippen molar-refractivity contribution in [1.29, 1.82) is 0 Å². The highest BCUT2D eigenvalue weighted by molar-refractivity contribution is 6.31. The first-order valence-corrected chi connectivity index (χ1v) is 9.14. The topological polar surface area (TPSA) is 56.2 Å².